The van der Waals surface area contributed by atoms with Crippen molar-refractivity contribution in [1.29, 1.82) is 0 Å². The first kappa shape index (κ1) is 20.0. The van der Waals surface area contributed by atoms with Gasteiger partial charge in [0.15, 0.2) is 0 Å². The van der Waals surface area contributed by atoms with Crippen LogP contribution in [0.3, 0.4) is 0 Å². The van der Waals surface area contributed by atoms with Crippen molar-refractivity contribution in [2.45, 2.75) is 23.8 Å². The van der Waals surface area contributed by atoms with Crippen LogP contribution in [0.2, 0.25) is 0 Å². The number of carbonyl (C=O) groups excluding carboxylic acids is 1. The first-order valence-electron chi connectivity index (χ1n) is 9.62. The number of ether oxygens (including phenoxy) is 1. The molecule has 1 aliphatic rings. The molecule has 1 atom stereocenters. The van der Waals surface area contributed by atoms with Crippen LogP contribution in [-0.2, 0) is 16.4 Å². The average molecular weight is 423 g/mol. The summed E-state index contributed by atoms with van der Waals surface area (Å²) in [5.74, 6) is -0.0530. The highest BCUT2D eigenvalue weighted by Crippen LogP contribution is 2.32. The molecule has 0 aromatic heterocycles. The van der Waals surface area contributed by atoms with E-state index in [0.717, 1.165) is 18.4 Å². The van der Waals surface area contributed by atoms with E-state index in [-0.39, 0.29) is 22.4 Å². The third kappa shape index (κ3) is 4.02. The summed E-state index contributed by atoms with van der Waals surface area (Å²) in [6.07, 6.45) is 1.70. The van der Waals surface area contributed by atoms with Crippen LogP contribution in [0, 0.1) is 0 Å². The predicted molar refractivity (Wildman–Crippen MR) is 115 cm³/mol. The predicted octanol–water partition coefficient (Wildman–Crippen LogP) is 3.91. The number of hydrogen-bond donors (Lipinski definition) is 2. The molecule has 0 saturated heterocycles. The van der Waals surface area contributed by atoms with Gasteiger partial charge in [0.05, 0.1) is 23.6 Å². The minimum Gasteiger partial charge on any atom is -0.496 e. The number of carbonyl (C=O) groups is 1. The maximum Gasteiger partial charge on any atom is 0.261 e. The van der Waals surface area contributed by atoms with E-state index in [1.54, 1.807) is 30.3 Å². The minimum atomic E-state index is -3.86. The molecule has 2 N–H and O–H groups in total. The van der Waals surface area contributed by atoms with Crippen LogP contribution in [0.15, 0.2) is 77.7 Å². The van der Waals surface area contributed by atoms with E-state index < -0.39 is 10.0 Å². The lowest BCUT2D eigenvalue weighted by atomic mass is 10.1. The Morgan fingerprint density at radius 2 is 1.73 bits per heavy atom. The van der Waals surface area contributed by atoms with Gasteiger partial charge in [-0.15, -0.1) is 0 Å². The lowest BCUT2D eigenvalue weighted by molar-refractivity contribution is 0.0933. The maximum absolute atomic E-state index is 13.0. The molecule has 0 saturated carbocycles. The molecule has 4 rings (SSSR count). The highest BCUT2D eigenvalue weighted by atomic mass is 32.2. The first-order chi connectivity index (χ1) is 14.5. The minimum absolute atomic E-state index is 0.0101. The van der Waals surface area contributed by atoms with Gasteiger partial charge in [-0.2, -0.15) is 0 Å². The van der Waals surface area contributed by atoms with E-state index in [2.05, 4.69) is 16.1 Å². The van der Waals surface area contributed by atoms with Crippen molar-refractivity contribution >= 4 is 21.6 Å². The zero-order chi connectivity index (χ0) is 21.1. The Hall–Kier alpha value is -3.32. The van der Waals surface area contributed by atoms with Crippen molar-refractivity contribution in [3.63, 3.8) is 0 Å². The summed E-state index contributed by atoms with van der Waals surface area (Å²) in [4.78, 5) is 13.0. The Kier molecular flexibility index (Phi) is 5.46. The number of sulfonamides is 1. The standard InChI is InChI=1S/C23H22N2O4S/c1-29-22-14-12-18(30(27,28)25-17-8-3-2-4-9-17)15-20(22)23(26)24-21-13-11-16-7-5-6-10-19(16)21/h2-10,12,14-15,21,25H,11,13H2,1H3,(H,24,26). The van der Waals surface area contributed by atoms with Crippen LogP contribution >= 0.6 is 0 Å². The zero-order valence-electron chi connectivity index (χ0n) is 16.5. The fourth-order valence-electron chi connectivity index (χ4n) is 3.70. The normalized spacial score (nSPS) is 15.3. The number of hydrogen-bond acceptors (Lipinski definition) is 4. The second-order valence-corrected chi connectivity index (χ2v) is 8.78. The molecule has 0 bridgehead atoms. The van der Waals surface area contributed by atoms with Crippen LogP contribution in [-0.4, -0.2) is 21.4 Å². The zero-order valence-corrected chi connectivity index (χ0v) is 17.3. The molecule has 6 nitrogen and oxygen atoms in total. The third-order valence-electron chi connectivity index (χ3n) is 5.19. The van der Waals surface area contributed by atoms with Gasteiger partial charge in [-0.25, -0.2) is 8.42 Å². The highest BCUT2D eigenvalue weighted by molar-refractivity contribution is 7.92. The van der Waals surface area contributed by atoms with Crippen LogP contribution < -0.4 is 14.8 Å². The quantitative estimate of drug-likeness (QED) is 0.631. The number of benzene rings is 3. The average Bonchev–Trinajstić information content (AvgIpc) is 3.16. The van der Waals surface area contributed by atoms with Gasteiger partial charge in [0.25, 0.3) is 15.9 Å². The number of anilines is 1. The monoisotopic (exact) mass is 422 g/mol. The van der Waals surface area contributed by atoms with Crippen LogP contribution in [0.5, 0.6) is 5.75 Å². The third-order valence-corrected chi connectivity index (χ3v) is 6.57. The van der Waals surface area contributed by atoms with Gasteiger partial charge < -0.3 is 10.1 Å². The van der Waals surface area contributed by atoms with Crippen molar-refractivity contribution in [3.05, 3.63) is 89.5 Å². The van der Waals surface area contributed by atoms with Gasteiger partial charge in [0, 0.05) is 5.69 Å². The number of para-hydroxylation sites is 1. The summed E-state index contributed by atoms with van der Waals surface area (Å²) in [7, 11) is -2.40. The van der Waals surface area contributed by atoms with E-state index in [1.165, 1.54) is 30.9 Å². The molecule has 0 fully saturated rings. The van der Waals surface area contributed by atoms with Crippen molar-refractivity contribution in [2.24, 2.45) is 0 Å². The molecule has 0 aliphatic heterocycles. The molecule has 0 spiro atoms. The lowest BCUT2D eigenvalue weighted by Gasteiger charge is -2.16. The lowest BCUT2D eigenvalue weighted by Crippen LogP contribution is -2.28. The molecule has 0 radical (unpaired) electrons. The van der Waals surface area contributed by atoms with Gasteiger partial charge in [-0.1, -0.05) is 42.5 Å². The summed E-state index contributed by atoms with van der Waals surface area (Å²) in [6, 6.07) is 20.8. The van der Waals surface area contributed by atoms with Crippen LogP contribution in [0.25, 0.3) is 0 Å². The fourth-order valence-corrected chi connectivity index (χ4v) is 4.78. The van der Waals surface area contributed by atoms with E-state index in [1.807, 2.05) is 18.2 Å². The van der Waals surface area contributed by atoms with Crippen LogP contribution in [0.4, 0.5) is 5.69 Å². The first-order valence-corrected chi connectivity index (χ1v) is 11.1. The van der Waals surface area contributed by atoms with Crippen molar-refractivity contribution in [2.75, 3.05) is 11.8 Å². The molecular weight excluding hydrogens is 400 g/mol. The van der Waals surface area contributed by atoms with Crippen molar-refractivity contribution < 1.29 is 17.9 Å². The summed E-state index contributed by atoms with van der Waals surface area (Å²) in [5.41, 5.74) is 2.94. The number of rotatable bonds is 6. The molecule has 3 aromatic rings. The topological polar surface area (TPSA) is 84.5 Å². The Labute approximate surface area is 176 Å². The summed E-state index contributed by atoms with van der Waals surface area (Å²) in [6.45, 7) is 0. The highest BCUT2D eigenvalue weighted by Gasteiger charge is 2.26. The van der Waals surface area contributed by atoms with E-state index >= 15 is 0 Å². The molecule has 30 heavy (non-hydrogen) atoms. The van der Waals surface area contributed by atoms with E-state index in [0.29, 0.717) is 11.4 Å². The SMILES string of the molecule is COc1ccc(S(=O)(=O)Nc2ccccc2)cc1C(=O)NC1CCc2ccccc21. The molecule has 1 unspecified atom stereocenters. The molecule has 1 amide bonds. The number of nitrogens with one attached hydrogen (secondary N) is 2. The Bertz CT molecular complexity index is 1180. The Balaban J connectivity index is 1.61. The second-order valence-electron chi connectivity index (χ2n) is 7.10. The maximum atomic E-state index is 13.0. The molecule has 1 aliphatic carbocycles. The van der Waals surface area contributed by atoms with Gasteiger partial charge in [-0.05, 0) is 54.3 Å². The molecular formula is C23H22N2O4S. The smallest absolute Gasteiger partial charge is 0.261 e. The van der Waals surface area contributed by atoms with Gasteiger partial charge in [-0.3, -0.25) is 9.52 Å². The fraction of sp³-hybridized carbons (Fsp3) is 0.174. The summed E-state index contributed by atoms with van der Waals surface area (Å²) < 4.78 is 33.4. The van der Waals surface area contributed by atoms with Crippen molar-refractivity contribution in [3.8, 4) is 5.75 Å². The van der Waals surface area contributed by atoms with E-state index in [9.17, 15) is 13.2 Å². The van der Waals surface area contributed by atoms with Gasteiger partial charge in [0.1, 0.15) is 5.75 Å². The number of aryl methyl sites for hydroxylation is 1. The van der Waals surface area contributed by atoms with E-state index in [4.69, 9.17) is 4.74 Å². The molecule has 3 aromatic carbocycles. The Morgan fingerprint density at radius 1 is 1.00 bits per heavy atom. The number of methoxy groups -OCH3 is 1. The largest absolute Gasteiger partial charge is 0.496 e. The number of amides is 1. The van der Waals surface area contributed by atoms with Gasteiger partial charge >= 0.3 is 0 Å². The second kappa shape index (κ2) is 8.20. The summed E-state index contributed by atoms with van der Waals surface area (Å²) >= 11 is 0. The number of fused-ring (bicyclic) bond motifs is 1. The van der Waals surface area contributed by atoms with Crippen LogP contribution in [0.1, 0.15) is 33.9 Å². The summed E-state index contributed by atoms with van der Waals surface area (Å²) in [5, 5.41) is 3.02. The van der Waals surface area contributed by atoms with Gasteiger partial charge in [0.2, 0.25) is 0 Å². The molecule has 154 valence electrons. The van der Waals surface area contributed by atoms with Crippen molar-refractivity contribution in [1.82, 2.24) is 5.32 Å². The molecule has 0 heterocycles. The molecule has 7 heteroatoms. The Morgan fingerprint density at radius 3 is 2.50 bits per heavy atom.